The van der Waals surface area contributed by atoms with Gasteiger partial charge in [-0.2, -0.15) is 17.6 Å². The molecule has 2 aliphatic rings. The van der Waals surface area contributed by atoms with E-state index < -0.39 is 41.2 Å². The van der Waals surface area contributed by atoms with Crippen molar-refractivity contribution in [1.29, 1.82) is 0 Å². The molecule has 2 amide bonds. The number of carbonyl (C=O) groups is 2. The number of ether oxygens (including phenoxy) is 2. The molecular formula is C24H26F5N3O4S. The Balaban J connectivity index is 0.000000213. The largest absolute Gasteiger partial charge is 0.493 e. The predicted molar refractivity (Wildman–Crippen MR) is 127 cm³/mol. The van der Waals surface area contributed by atoms with Gasteiger partial charge in [0.05, 0.1) is 19.4 Å². The van der Waals surface area contributed by atoms with E-state index in [-0.39, 0.29) is 23.6 Å². The molecule has 2 N–H and O–H groups in total. The van der Waals surface area contributed by atoms with Crippen LogP contribution in [-0.2, 0) is 9.53 Å². The van der Waals surface area contributed by atoms with Crippen molar-refractivity contribution in [3.8, 4) is 5.75 Å². The lowest BCUT2D eigenvalue weighted by Gasteiger charge is -2.32. The first-order chi connectivity index (χ1) is 17.3. The van der Waals surface area contributed by atoms with Gasteiger partial charge in [0.2, 0.25) is 12.2 Å². The number of methoxy groups -OCH3 is 1. The van der Waals surface area contributed by atoms with E-state index in [0.717, 1.165) is 39.4 Å². The smallest absolute Gasteiger partial charge is 0.417 e. The Morgan fingerprint density at radius 3 is 2.49 bits per heavy atom. The van der Waals surface area contributed by atoms with Crippen LogP contribution in [0.3, 0.4) is 0 Å². The van der Waals surface area contributed by atoms with Crippen molar-refractivity contribution in [1.82, 2.24) is 4.98 Å². The monoisotopic (exact) mass is 547 g/mol. The fraction of sp³-hybridized carbons (Fsp3) is 0.458. The number of nitrogens with zero attached hydrogens (tertiary/aromatic N) is 2. The third-order valence-electron chi connectivity index (χ3n) is 6.42. The quantitative estimate of drug-likeness (QED) is 0.298. The molecule has 7 nitrogen and oxygen atoms in total. The Bertz CT molecular complexity index is 1150. The molecule has 0 bridgehead atoms. The first-order valence-corrected chi connectivity index (χ1v) is 12.1. The van der Waals surface area contributed by atoms with E-state index in [1.807, 2.05) is 0 Å². The number of benzene rings is 1. The molecule has 202 valence electrons. The zero-order valence-electron chi connectivity index (χ0n) is 20.2. The number of aromatic nitrogens is 1. The zero-order valence-corrected chi connectivity index (χ0v) is 21.0. The summed E-state index contributed by atoms with van der Waals surface area (Å²) in [4.78, 5) is 25.7. The van der Waals surface area contributed by atoms with Gasteiger partial charge < -0.3 is 15.2 Å². The van der Waals surface area contributed by atoms with Crippen molar-refractivity contribution in [2.45, 2.75) is 49.6 Å². The summed E-state index contributed by atoms with van der Waals surface area (Å²) in [5, 5.41) is 0.510. The van der Waals surface area contributed by atoms with E-state index in [4.69, 9.17) is 15.2 Å². The molecule has 0 spiro atoms. The number of hydrogen-bond donors (Lipinski definition) is 1. The number of rotatable bonds is 7. The van der Waals surface area contributed by atoms with Crippen molar-refractivity contribution in [3.63, 3.8) is 0 Å². The SMILES string of the molecule is COc1c(C2CO[C@@](C)(C(F)(F)F)C2C)ccc(F)c1F.NC(=O)c1cc(N(C=O)SC2CC2)ccn1. The Labute approximate surface area is 214 Å². The van der Waals surface area contributed by atoms with Gasteiger partial charge in [0, 0.05) is 28.8 Å². The molecule has 1 aromatic carbocycles. The van der Waals surface area contributed by atoms with E-state index in [1.54, 1.807) is 6.07 Å². The maximum atomic E-state index is 13.7. The highest BCUT2D eigenvalue weighted by molar-refractivity contribution is 8.02. The predicted octanol–water partition coefficient (Wildman–Crippen LogP) is 5.00. The first kappa shape index (κ1) is 28.6. The number of alkyl halides is 3. The molecule has 0 radical (unpaired) electrons. The van der Waals surface area contributed by atoms with Crippen LogP contribution in [0, 0.1) is 17.6 Å². The lowest BCUT2D eigenvalue weighted by atomic mass is 9.79. The van der Waals surface area contributed by atoms with Crippen molar-refractivity contribution in [2.24, 2.45) is 11.7 Å². The third-order valence-corrected chi connectivity index (χ3v) is 7.71. The van der Waals surface area contributed by atoms with E-state index in [9.17, 15) is 31.5 Å². The number of pyridine rings is 1. The minimum Gasteiger partial charge on any atom is -0.493 e. The van der Waals surface area contributed by atoms with Crippen molar-refractivity contribution >= 4 is 30.0 Å². The van der Waals surface area contributed by atoms with Crippen LogP contribution in [0.1, 0.15) is 48.7 Å². The summed E-state index contributed by atoms with van der Waals surface area (Å²) in [7, 11) is 1.14. The summed E-state index contributed by atoms with van der Waals surface area (Å²) in [5.74, 6) is -4.98. The number of nitrogens with two attached hydrogens (primary N) is 1. The van der Waals surface area contributed by atoms with Gasteiger partial charge in [-0.25, -0.2) is 4.39 Å². The molecule has 1 aromatic heterocycles. The van der Waals surface area contributed by atoms with Crippen molar-refractivity contribution in [3.05, 3.63) is 53.4 Å². The van der Waals surface area contributed by atoms with Crippen LogP contribution in [0.4, 0.5) is 27.6 Å². The molecule has 1 aliphatic carbocycles. The zero-order chi connectivity index (χ0) is 27.5. The van der Waals surface area contributed by atoms with Gasteiger partial charge in [-0.15, -0.1) is 0 Å². The minimum atomic E-state index is -4.55. The van der Waals surface area contributed by atoms with E-state index >= 15 is 0 Å². The van der Waals surface area contributed by atoms with Gasteiger partial charge in [-0.1, -0.05) is 13.0 Å². The topological polar surface area (TPSA) is 94.8 Å². The van der Waals surface area contributed by atoms with E-state index in [1.165, 1.54) is 41.5 Å². The van der Waals surface area contributed by atoms with Gasteiger partial charge in [0.1, 0.15) is 5.69 Å². The number of hydrogen-bond acceptors (Lipinski definition) is 6. The molecule has 2 aromatic rings. The summed E-state index contributed by atoms with van der Waals surface area (Å²) in [6.07, 6.45) is -0.0824. The fourth-order valence-electron chi connectivity index (χ4n) is 3.84. The van der Waals surface area contributed by atoms with Gasteiger partial charge in [0.25, 0.3) is 5.91 Å². The fourth-order valence-corrected chi connectivity index (χ4v) is 4.79. The normalized spacial score (nSPS) is 23.1. The van der Waals surface area contributed by atoms with Crippen LogP contribution in [0.2, 0.25) is 0 Å². The molecule has 3 atom stereocenters. The first-order valence-electron chi connectivity index (χ1n) is 11.2. The average Bonchev–Trinajstić information content (AvgIpc) is 3.63. The van der Waals surface area contributed by atoms with E-state index in [2.05, 4.69) is 4.98 Å². The Kier molecular flexibility index (Phi) is 8.68. The number of halogens is 5. The molecule has 2 fully saturated rings. The second kappa shape index (κ2) is 11.2. The van der Waals surface area contributed by atoms with Crippen molar-refractivity contribution < 1.29 is 41.0 Å². The second-order valence-corrected chi connectivity index (χ2v) is 10.1. The lowest BCUT2D eigenvalue weighted by molar-refractivity contribution is -0.266. The van der Waals surface area contributed by atoms with Crippen LogP contribution in [-0.4, -0.2) is 48.0 Å². The lowest BCUT2D eigenvalue weighted by Crippen LogP contribution is -2.46. The van der Waals surface area contributed by atoms with Crippen LogP contribution in [0.5, 0.6) is 5.75 Å². The summed E-state index contributed by atoms with van der Waals surface area (Å²) in [6.45, 7) is 2.11. The minimum absolute atomic E-state index is 0.167. The maximum Gasteiger partial charge on any atom is 0.417 e. The standard InChI is InChI=1S/C14H15F5O2.C10H11N3O2S/c1-7-9(6-21-13(7,2)14(17,18)19)8-4-5-10(15)11(16)12(8)20-3;11-10(15)9-5-7(3-4-12-9)13(6-14)16-8-1-2-8/h4-5,7,9H,6H2,1-3H3;3-6,8H,1-2H2,(H2,11,15)/t7?,9?,13-;/m1./s1. The molecule has 2 heterocycles. The Hall–Kier alpha value is -2.93. The number of anilines is 1. The highest BCUT2D eigenvalue weighted by Crippen LogP contribution is 2.51. The summed E-state index contributed by atoms with van der Waals surface area (Å²) >= 11 is 1.47. The molecule has 1 saturated carbocycles. The summed E-state index contributed by atoms with van der Waals surface area (Å²) < 4.78 is 77.6. The third kappa shape index (κ3) is 6.15. The molecule has 37 heavy (non-hydrogen) atoms. The van der Waals surface area contributed by atoms with Crippen LogP contribution >= 0.6 is 11.9 Å². The molecule has 2 unspecified atom stereocenters. The molecule has 4 rings (SSSR count). The van der Waals surface area contributed by atoms with Gasteiger partial charge in [0.15, 0.2) is 17.2 Å². The number of amides is 2. The van der Waals surface area contributed by atoms with Crippen LogP contribution in [0.25, 0.3) is 0 Å². The molecule has 13 heteroatoms. The van der Waals surface area contributed by atoms with Crippen LogP contribution < -0.4 is 14.8 Å². The number of primary amides is 1. The van der Waals surface area contributed by atoms with Gasteiger partial charge in [-0.05, 0) is 49.9 Å². The highest BCUT2D eigenvalue weighted by Gasteiger charge is 2.61. The molecule has 1 saturated heterocycles. The summed E-state index contributed by atoms with van der Waals surface area (Å²) in [6, 6.07) is 5.31. The Morgan fingerprint density at radius 1 is 1.30 bits per heavy atom. The van der Waals surface area contributed by atoms with Gasteiger partial charge in [-0.3, -0.25) is 18.9 Å². The van der Waals surface area contributed by atoms with Gasteiger partial charge >= 0.3 is 6.18 Å². The Morgan fingerprint density at radius 2 is 1.97 bits per heavy atom. The molecule has 1 aliphatic heterocycles. The van der Waals surface area contributed by atoms with Crippen LogP contribution in [0.15, 0.2) is 30.5 Å². The van der Waals surface area contributed by atoms with Crippen molar-refractivity contribution in [2.75, 3.05) is 18.0 Å². The van der Waals surface area contributed by atoms with E-state index in [0.29, 0.717) is 10.9 Å². The second-order valence-electron chi connectivity index (χ2n) is 8.79. The highest BCUT2D eigenvalue weighted by atomic mass is 32.2. The average molecular weight is 548 g/mol. The maximum absolute atomic E-state index is 13.7. The summed E-state index contributed by atoms with van der Waals surface area (Å²) in [5.41, 5.74) is 3.78. The number of carbonyl (C=O) groups excluding carboxylic acids is 2. The molecular weight excluding hydrogens is 521 g/mol.